The van der Waals surface area contributed by atoms with Crippen molar-refractivity contribution in [2.45, 2.75) is 6.92 Å². The average Bonchev–Trinajstić information content (AvgIpc) is 2.97. The van der Waals surface area contributed by atoms with E-state index in [4.69, 9.17) is 21.1 Å². The molecule has 27 heavy (non-hydrogen) atoms. The molecular formula is C18H11ClN2O6. The van der Waals surface area contributed by atoms with Crippen LogP contribution < -0.4 is 4.74 Å². The Morgan fingerprint density at radius 2 is 1.96 bits per heavy atom. The standard InChI is InChI=1S/C18H11ClN2O6/c1-10(22)26-13-5-2-11(3-6-13)8-15-18(23)27-17(20-15)12-4-7-14(19)16(9-12)21(24)25/h2-9H,1H3. The van der Waals surface area contributed by atoms with Gasteiger partial charge >= 0.3 is 11.9 Å². The third-order valence-electron chi connectivity index (χ3n) is 3.46. The fourth-order valence-electron chi connectivity index (χ4n) is 2.27. The summed E-state index contributed by atoms with van der Waals surface area (Å²) >= 11 is 5.77. The molecular weight excluding hydrogens is 376 g/mol. The first-order chi connectivity index (χ1) is 12.8. The van der Waals surface area contributed by atoms with Gasteiger partial charge in [-0.3, -0.25) is 14.9 Å². The minimum atomic E-state index is -0.688. The zero-order valence-corrected chi connectivity index (χ0v) is 14.6. The summed E-state index contributed by atoms with van der Waals surface area (Å²) in [5, 5.41) is 11.0. The highest BCUT2D eigenvalue weighted by molar-refractivity contribution is 6.32. The lowest BCUT2D eigenvalue weighted by Crippen LogP contribution is -2.06. The van der Waals surface area contributed by atoms with Crippen LogP contribution in [0.15, 0.2) is 53.2 Å². The first-order valence-electron chi connectivity index (χ1n) is 7.59. The van der Waals surface area contributed by atoms with Crippen molar-refractivity contribution in [3.8, 4) is 5.75 Å². The number of rotatable bonds is 4. The molecule has 0 aromatic heterocycles. The highest BCUT2D eigenvalue weighted by Gasteiger charge is 2.26. The number of benzene rings is 2. The Balaban J connectivity index is 1.88. The number of esters is 2. The third kappa shape index (κ3) is 4.18. The van der Waals surface area contributed by atoms with Crippen LogP contribution in [0, 0.1) is 10.1 Å². The number of nitrogens with zero attached hydrogens (tertiary/aromatic N) is 2. The molecule has 0 atom stereocenters. The van der Waals surface area contributed by atoms with E-state index in [9.17, 15) is 19.7 Å². The summed E-state index contributed by atoms with van der Waals surface area (Å²) in [5.74, 6) is -0.808. The summed E-state index contributed by atoms with van der Waals surface area (Å²) in [6.07, 6.45) is 1.48. The molecule has 2 aromatic rings. The molecule has 1 aliphatic heterocycles. The molecule has 0 bridgehead atoms. The van der Waals surface area contributed by atoms with Crippen LogP contribution in [0.4, 0.5) is 5.69 Å². The molecule has 0 fully saturated rings. The van der Waals surface area contributed by atoms with Gasteiger partial charge in [0.25, 0.3) is 5.69 Å². The second kappa shape index (κ2) is 7.38. The van der Waals surface area contributed by atoms with E-state index in [1.807, 2.05) is 0 Å². The minimum Gasteiger partial charge on any atom is -0.427 e. The van der Waals surface area contributed by atoms with E-state index in [1.165, 1.54) is 31.2 Å². The van der Waals surface area contributed by atoms with Crippen LogP contribution in [0.1, 0.15) is 18.1 Å². The Morgan fingerprint density at radius 3 is 2.59 bits per heavy atom. The molecule has 2 aromatic carbocycles. The van der Waals surface area contributed by atoms with Crippen molar-refractivity contribution in [2.75, 3.05) is 0 Å². The maximum atomic E-state index is 12.0. The Kier molecular flexibility index (Phi) is 5.00. The second-order valence-electron chi connectivity index (χ2n) is 5.42. The first kappa shape index (κ1) is 18.3. The summed E-state index contributed by atoms with van der Waals surface area (Å²) in [5.41, 5.74) is 0.604. The van der Waals surface area contributed by atoms with E-state index in [-0.39, 0.29) is 27.9 Å². The Labute approximate surface area is 157 Å². The molecule has 0 aliphatic carbocycles. The van der Waals surface area contributed by atoms with Crippen LogP contribution in [-0.2, 0) is 14.3 Å². The third-order valence-corrected chi connectivity index (χ3v) is 3.77. The van der Waals surface area contributed by atoms with E-state index in [1.54, 1.807) is 24.3 Å². The highest BCUT2D eigenvalue weighted by Crippen LogP contribution is 2.27. The number of hydrogen-bond donors (Lipinski definition) is 0. The number of carbonyl (C=O) groups is 2. The SMILES string of the molecule is CC(=O)Oc1ccc(C=C2N=C(c3ccc(Cl)c([N+](=O)[O-])c3)OC2=O)cc1. The van der Waals surface area contributed by atoms with Crippen molar-refractivity contribution in [3.63, 3.8) is 0 Å². The molecule has 9 heteroatoms. The van der Waals surface area contributed by atoms with Gasteiger partial charge in [0.05, 0.1) is 4.92 Å². The molecule has 0 amide bonds. The fourth-order valence-corrected chi connectivity index (χ4v) is 2.46. The van der Waals surface area contributed by atoms with Crippen molar-refractivity contribution in [2.24, 2.45) is 4.99 Å². The summed E-state index contributed by atoms with van der Waals surface area (Å²) in [7, 11) is 0. The lowest BCUT2D eigenvalue weighted by molar-refractivity contribution is -0.384. The van der Waals surface area contributed by atoms with E-state index in [2.05, 4.69) is 4.99 Å². The van der Waals surface area contributed by atoms with Gasteiger partial charge in [0.15, 0.2) is 5.70 Å². The van der Waals surface area contributed by atoms with Gasteiger partial charge in [-0.25, -0.2) is 9.79 Å². The maximum Gasteiger partial charge on any atom is 0.363 e. The van der Waals surface area contributed by atoms with Crippen LogP contribution in [0.2, 0.25) is 5.02 Å². The zero-order valence-electron chi connectivity index (χ0n) is 13.8. The molecule has 0 unspecified atom stereocenters. The second-order valence-corrected chi connectivity index (χ2v) is 5.83. The smallest absolute Gasteiger partial charge is 0.363 e. The number of nitro groups is 1. The Morgan fingerprint density at radius 1 is 1.26 bits per heavy atom. The van der Waals surface area contributed by atoms with Gasteiger partial charge in [-0.1, -0.05) is 23.7 Å². The van der Waals surface area contributed by atoms with Gasteiger partial charge < -0.3 is 9.47 Å². The fraction of sp³-hybridized carbons (Fsp3) is 0.0556. The van der Waals surface area contributed by atoms with Crippen molar-refractivity contribution in [3.05, 3.63) is 74.4 Å². The molecule has 136 valence electrons. The van der Waals surface area contributed by atoms with Crippen LogP contribution in [0.3, 0.4) is 0 Å². The van der Waals surface area contributed by atoms with Gasteiger partial charge in [0, 0.05) is 18.6 Å². The number of halogens is 1. The van der Waals surface area contributed by atoms with Gasteiger partial charge in [0.1, 0.15) is 10.8 Å². The molecule has 0 N–H and O–H groups in total. The average molecular weight is 387 g/mol. The van der Waals surface area contributed by atoms with Crippen LogP contribution in [-0.4, -0.2) is 22.8 Å². The topological polar surface area (TPSA) is 108 Å². The first-order valence-corrected chi connectivity index (χ1v) is 7.96. The number of aliphatic imine (C=N–C) groups is 1. The lowest BCUT2D eigenvalue weighted by Gasteiger charge is -2.01. The largest absolute Gasteiger partial charge is 0.427 e. The van der Waals surface area contributed by atoms with Crippen LogP contribution in [0.5, 0.6) is 5.75 Å². The molecule has 0 radical (unpaired) electrons. The van der Waals surface area contributed by atoms with Gasteiger partial charge in [0.2, 0.25) is 5.90 Å². The predicted molar refractivity (Wildman–Crippen MR) is 96.5 cm³/mol. The molecule has 0 saturated heterocycles. The number of hydrogen-bond acceptors (Lipinski definition) is 7. The van der Waals surface area contributed by atoms with Crippen molar-refractivity contribution in [1.82, 2.24) is 0 Å². The molecule has 0 spiro atoms. The van der Waals surface area contributed by atoms with Crippen LogP contribution >= 0.6 is 11.6 Å². The number of nitro benzene ring substituents is 1. The van der Waals surface area contributed by atoms with E-state index < -0.39 is 16.9 Å². The number of ether oxygens (including phenoxy) is 2. The molecule has 1 heterocycles. The minimum absolute atomic E-state index is 0.0303. The van der Waals surface area contributed by atoms with Crippen molar-refractivity contribution < 1.29 is 24.0 Å². The van der Waals surface area contributed by atoms with E-state index in [0.29, 0.717) is 11.3 Å². The Bertz CT molecular complexity index is 1010. The number of cyclic esters (lactones) is 1. The van der Waals surface area contributed by atoms with E-state index in [0.717, 1.165) is 0 Å². The van der Waals surface area contributed by atoms with E-state index >= 15 is 0 Å². The summed E-state index contributed by atoms with van der Waals surface area (Å²) in [6.45, 7) is 1.29. The lowest BCUT2D eigenvalue weighted by atomic mass is 10.2. The van der Waals surface area contributed by atoms with Crippen molar-refractivity contribution in [1.29, 1.82) is 0 Å². The molecule has 3 rings (SSSR count). The monoisotopic (exact) mass is 386 g/mol. The van der Waals surface area contributed by atoms with Gasteiger partial charge in [-0.2, -0.15) is 0 Å². The molecule has 0 saturated carbocycles. The van der Waals surface area contributed by atoms with Crippen molar-refractivity contribution >= 4 is 41.2 Å². The predicted octanol–water partition coefficient (Wildman–Crippen LogP) is 3.52. The number of carbonyl (C=O) groups excluding carboxylic acids is 2. The molecule has 1 aliphatic rings. The normalized spacial score (nSPS) is 14.7. The van der Waals surface area contributed by atoms with Crippen LogP contribution in [0.25, 0.3) is 6.08 Å². The quantitative estimate of drug-likeness (QED) is 0.261. The zero-order chi connectivity index (χ0) is 19.6. The summed E-state index contributed by atoms with van der Waals surface area (Å²) < 4.78 is 10.0. The summed E-state index contributed by atoms with van der Waals surface area (Å²) in [4.78, 5) is 37.4. The molecule has 8 nitrogen and oxygen atoms in total. The Hall–Kier alpha value is -3.52. The van der Waals surface area contributed by atoms with Gasteiger partial charge in [-0.15, -0.1) is 0 Å². The van der Waals surface area contributed by atoms with Gasteiger partial charge in [-0.05, 0) is 35.9 Å². The maximum absolute atomic E-state index is 12.0. The summed E-state index contributed by atoms with van der Waals surface area (Å²) in [6, 6.07) is 10.4. The highest BCUT2D eigenvalue weighted by atomic mass is 35.5.